The summed E-state index contributed by atoms with van der Waals surface area (Å²) in [6.45, 7) is 0.866. The van der Waals surface area contributed by atoms with Gasteiger partial charge in [-0.15, -0.1) is 0 Å². The minimum Gasteiger partial charge on any atom is -0.491 e. The van der Waals surface area contributed by atoms with E-state index in [-0.39, 0.29) is 54.6 Å². The Morgan fingerprint density at radius 3 is 1.83 bits per heavy atom. The standard InChI is InChI=1S/C30H34ClNO10/c1-34-14-16-37-19-39-24-18-23(25(31)29(36-3)28(24)40-20-38-17-15-35-2)27(42-32)30(33)41-26(21-10-6-4-7-11-21)22-12-8-5-9-13-22/h4-13,18,26-27H,14-17,19-20H2,1-3H3. The topological polar surface area (TPSA) is 122 Å². The van der Waals surface area contributed by atoms with Crippen LogP contribution in [-0.4, -0.2) is 67.3 Å². The van der Waals surface area contributed by atoms with Gasteiger partial charge in [0.25, 0.3) is 0 Å². The third-order valence-electron chi connectivity index (χ3n) is 5.86. The lowest BCUT2D eigenvalue weighted by Crippen LogP contribution is -2.22. The van der Waals surface area contributed by atoms with Crippen LogP contribution in [0.1, 0.15) is 28.9 Å². The summed E-state index contributed by atoms with van der Waals surface area (Å²) in [5.74, 6) is 9.16. The zero-order valence-electron chi connectivity index (χ0n) is 23.7. The first kappa shape index (κ1) is 33.1. The van der Waals surface area contributed by atoms with Gasteiger partial charge in [-0.05, 0) is 17.2 Å². The Morgan fingerprint density at radius 2 is 1.33 bits per heavy atom. The summed E-state index contributed by atoms with van der Waals surface area (Å²) in [5, 5.41) is -0.0796. The van der Waals surface area contributed by atoms with E-state index in [2.05, 4.69) is 4.84 Å². The normalized spacial score (nSPS) is 11.8. The molecule has 0 bridgehead atoms. The molecule has 0 aliphatic rings. The molecule has 3 rings (SSSR count). The molecule has 0 spiro atoms. The number of benzene rings is 3. The second-order valence-corrected chi connectivity index (χ2v) is 8.97. The van der Waals surface area contributed by atoms with E-state index in [1.165, 1.54) is 13.2 Å². The Balaban J connectivity index is 1.94. The Kier molecular flexibility index (Phi) is 14.3. The van der Waals surface area contributed by atoms with Crippen LogP contribution in [0.15, 0.2) is 66.7 Å². The van der Waals surface area contributed by atoms with Crippen molar-refractivity contribution in [1.82, 2.24) is 5.90 Å². The van der Waals surface area contributed by atoms with Crippen LogP contribution in [0.4, 0.5) is 0 Å². The minimum atomic E-state index is -1.68. The Bertz CT molecular complexity index is 1180. The molecule has 3 aromatic carbocycles. The molecule has 3 aromatic rings. The zero-order valence-corrected chi connectivity index (χ0v) is 24.4. The Labute approximate surface area is 250 Å². The highest BCUT2D eigenvalue weighted by molar-refractivity contribution is 6.33. The van der Waals surface area contributed by atoms with Gasteiger partial charge in [0.15, 0.2) is 31.2 Å². The summed E-state index contributed by atoms with van der Waals surface area (Å²) < 4.78 is 43.7. The molecule has 0 aliphatic heterocycles. The zero-order chi connectivity index (χ0) is 30.2. The molecule has 0 amide bonds. The highest BCUT2D eigenvalue weighted by Gasteiger charge is 2.33. The minimum absolute atomic E-state index is 0.000401. The summed E-state index contributed by atoms with van der Waals surface area (Å²) in [6.07, 6.45) is -2.47. The number of ether oxygens (including phenoxy) is 8. The Morgan fingerprint density at radius 1 is 0.786 bits per heavy atom. The summed E-state index contributed by atoms with van der Waals surface area (Å²) in [4.78, 5) is 18.2. The number of rotatable bonds is 19. The van der Waals surface area contributed by atoms with Crippen LogP contribution in [0.2, 0.25) is 5.02 Å². The maximum atomic E-state index is 13.5. The van der Waals surface area contributed by atoms with Crippen molar-refractivity contribution >= 4 is 17.6 Å². The van der Waals surface area contributed by atoms with E-state index >= 15 is 0 Å². The third kappa shape index (κ3) is 9.30. The number of hydrogen-bond donors (Lipinski definition) is 0. The van der Waals surface area contributed by atoms with E-state index in [4.69, 9.17) is 49.5 Å². The van der Waals surface area contributed by atoms with Crippen molar-refractivity contribution in [2.75, 3.05) is 61.3 Å². The molecular formula is C30H34ClNO10. The quantitative estimate of drug-likeness (QED) is 0.0823. The highest BCUT2D eigenvalue weighted by atomic mass is 35.5. The van der Waals surface area contributed by atoms with E-state index in [9.17, 15) is 10.7 Å². The highest BCUT2D eigenvalue weighted by Crippen LogP contribution is 2.47. The summed E-state index contributed by atoms with van der Waals surface area (Å²) in [7, 11) is 4.45. The van der Waals surface area contributed by atoms with Crippen LogP contribution < -0.4 is 20.1 Å². The van der Waals surface area contributed by atoms with Gasteiger partial charge >= 0.3 is 5.97 Å². The van der Waals surface area contributed by atoms with Crippen molar-refractivity contribution in [3.05, 3.63) is 88.4 Å². The second-order valence-electron chi connectivity index (χ2n) is 8.59. The van der Waals surface area contributed by atoms with Crippen LogP contribution in [-0.2, 0) is 33.3 Å². The molecule has 0 N–H and O–H groups in total. The van der Waals surface area contributed by atoms with Gasteiger partial charge < -0.3 is 37.9 Å². The van der Waals surface area contributed by atoms with Crippen LogP contribution in [0.3, 0.4) is 0 Å². The van der Waals surface area contributed by atoms with Crippen molar-refractivity contribution in [3.63, 3.8) is 0 Å². The van der Waals surface area contributed by atoms with E-state index in [0.29, 0.717) is 24.3 Å². The second kappa shape index (κ2) is 18.2. The number of halogens is 1. The molecule has 2 radical (unpaired) electrons. The molecule has 1 unspecified atom stereocenters. The van der Waals surface area contributed by atoms with Crippen molar-refractivity contribution < 1.29 is 47.5 Å². The van der Waals surface area contributed by atoms with Crippen molar-refractivity contribution in [3.8, 4) is 17.2 Å². The smallest absolute Gasteiger partial charge is 0.343 e. The van der Waals surface area contributed by atoms with Gasteiger partial charge in [-0.2, -0.15) is 0 Å². The van der Waals surface area contributed by atoms with Gasteiger partial charge in [0.05, 0.1) is 38.6 Å². The molecule has 1 atom stereocenters. The molecule has 11 nitrogen and oxygen atoms in total. The molecule has 0 fully saturated rings. The van der Waals surface area contributed by atoms with Crippen molar-refractivity contribution in [2.45, 2.75) is 12.2 Å². The van der Waals surface area contributed by atoms with Crippen molar-refractivity contribution in [1.29, 1.82) is 0 Å². The first-order valence-corrected chi connectivity index (χ1v) is 13.3. The molecular weight excluding hydrogens is 570 g/mol. The molecule has 42 heavy (non-hydrogen) atoms. The fraction of sp³-hybridized carbons (Fsp3) is 0.367. The first-order chi connectivity index (χ1) is 20.5. The maximum Gasteiger partial charge on any atom is 0.343 e. The van der Waals surface area contributed by atoms with Crippen LogP contribution in [0, 0.1) is 0 Å². The van der Waals surface area contributed by atoms with Gasteiger partial charge in [0, 0.05) is 25.7 Å². The SMILES string of the molecule is COCCOCOc1cc(C(O[N])C(=O)OC(c2ccccc2)c2ccccc2)c(Cl)c(OC)c1OCOCCOC. The van der Waals surface area contributed by atoms with Gasteiger partial charge in [-0.1, -0.05) is 72.3 Å². The molecule has 0 aromatic heterocycles. The maximum absolute atomic E-state index is 13.5. The van der Waals surface area contributed by atoms with Gasteiger partial charge in [0.2, 0.25) is 11.9 Å². The van der Waals surface area contributed by atoms with Crippen LogP contribution in [0.5, 0.6) is 17.2 Å². The molecule has 0 saturated carbocycles. The molecule has 0 heterocycles. The fourth-order valence-electron chi connectivity index (χ4n) is 3.83. The van der Waals surface area contributed by atoms with Gasteiger partial charge in [-0.25, -0.2) is 9.63 Å². The number of methoxy groups -OCH3 is 3. The van der Waals surface area contributed by atoms with E-state index in [1.807, 2.05) is 60.7 Å². The van der Waals surface area contributed by atoms with E-state index in [0.717, 1.165) is 0 Å². The summed E-state index contributed by atoms with van der Waals surface area (Å²) in [5.41, 5.74) is 1.43. The number of hydrogen-bond acceptors (Lipinski definition) is 10. The average molecular weight is 604 g/mol. The largest absolute Gasteiger partial charge is 0.491 e. The summed E-state index contributed by atoms with van der Waals surface area (Å²) in [6, 6.07) is 19.7. The lowest BCUT2D eigenvalue weighted by molar-refractivity contribution is -0.163. The van der Waals surface area contributed by atoms with Gasteiger partial charge in [0.1, 0.15) is 0 Å². The average Bonchev–Trinajstić information content (AvgIpc) is 3.02. The molecule has 12 heteroatoms. The monoisotopic (exact) mass is 603 g/mol. The molecule has 0 aliphatic carbocycles. The molecule has 226 valence electrons. The predicted molar refractivity (Wildman–Crippen MR) is 151 cm³/mol. The fourth-order valence-corrected chi connectivity index (χ4v) is 4.14. The van der Waals surface area contributed by atoms with Crippen molar-refractivity contribution in [2.24, 2.45) is 0 Å². The first-order valence-electron chi connectivity index (χ1n) is 13.0. The number of nitrogens with zero attached hydrogens (tertiary/aromatic N) is 1. The lowest BCUT2D eigenvalue weighted by atomic mass is 10.0. The summed E-state index contributed by atoms with van der Waals surface area (Å²) >= 11 is 6.67. The molecule has 0 saturated heterocycles. The van der Waals surface area contributed by atoms with E-state index in [1.54, 1.807) is 14.2 Å². The number of carbonyl (C=O) groups excluding carboxylic acids is 1. The Hall–Kier alpha value is -3.42. The number of esters is 1. The lowest BCUT2D eigenvalue weighted by Gasteiger charge is -2.24. The van der Waals surface area contributed by atoms with E-state index < -0.39 is 18.2 Å². The third-order valence-corrected chi connectivity index (χ3v) is 6.25. The number of carbonyl (C=O) groups is 1. The predicted octanol–water partition coefficient (Wildman–Crippen LogP) is 4.72. The van der Waals surface area contributed by atoms with Crippen LogP contribution in [0.25, 0.3) is 0 Å². The van der Waals surface area contributed by atoms with Crippen LogP contribution >= 0.6 is 11.6 Å². The van der Waals surface area contributed by atoms with Gasteiger partial charge in [-0.3, -0.25) is 0 Å².